The van der Waals surface area contributed by atoms with Gasteiger partial charge in [-0.25, -0.2) is 9.97 Å². The van der Waals surface area contributed by atoms with E-state index in [0.717, 1.165) is 6.33 Å². The SMILES string of the molecule is CCOC(=O)C1CCN(c2ncnc(Nc3cc(C(F)(F)F)cc(C(F)(F)F)c3)c2[N+](=O)[O-])CC1. The highest BCUT2D eigenvalue weighted by molar-refractivity contribution is 5.76. The molecular weight excluding hydrogens is 488 g/mol. The molecule has 0 spiro atoms. The summed E-state index contributed by atoms with van der Waals surface area (Å²) in [6.07, 6.45) is -8.66. The summed E-state index contributed by atoms with van der Waals surface area (Å²) in [5.41, 5.74) is -4.60. The zero-order valence-electron chi connectivity index (χ0n) is 18.1. The van der Waals surface area contributed by atoms with Crippen molar-refractivity contribution in [1.82, 2.24) is 9.97 Å². The lowest BCUT2D eigenvalue weighted by molar-refractivity contribution is -0.383. The Labute approximate surface area is 194 Å². The quantitative estimate of drug-likeness (QED) is 0.253. The van der Waals surface area contributed by atoms with Gasteiger partial charge in [0.25, 0.3) is 0 Å². The predicted octanol–water partition coefficient (Wildman–Crippen LogP) is 4.95. The summed E-state index contributed by atoms with van der Waals surface area (Å²) in [6, 6.07) is 0.732. The summed E-state index contributed by atoms with van der Waals surface area (Å²) < 4.78 is 83.9. The Morgan fingerprint density at radius 1 is 1.11 bits per heavy atom. The Kier molecular flexibility index (Phi) is 7.36. The zero-order chi connectivity index (χ0) is 26.0. The minimum atomic E-state index is -5.09. The molecule has 1 aliphatic heterocycles. The number of aromatic nitrogens is 2. The average Bonchev–Trinajstić information content (AvgIpc) is 2.77. The van der Waals surface area contributed by atoms with Gasteiger partial charge in [0, 0.05) is 18.8 Å². The number of nitro groups is 1. The third kappa shape index (κ3) is 6.08. The normalized spacial score (nSPS) is 15.1. The second-order valence-corrected chi connectivity index (χ2v) is 7.58. The number of halogens is 6. The average molecular weight is 507 g/mol. The van der Waals surface area contributed by atoms with Gasteiger partial charge < -0.3 is 15.0 Å². The molecule has 0 amide bonds. The number of benzene rings is 1. The molecular formula is C20H19F6N5O4. The van der Waals surface area contributed by atoms with Gasteiger partial charge in [-0.05, 0) is 38.0 Å². The molecule has 15 heteroatoms. The van der Waals surface area contributed by atoms with Crippen LogP contribution in [0.5, 0.6) is 0 Å². The monoisotopic (exact) mass is 507 g/mol. The molecule has 2 aromatic rings. The van der Waals surface area contributed by atoms with E-state index < -0.39 is 57.5 Å². The molecule has 190 valence electrons. The van der Waals surface area contributed by atoms with Gasteiger partial charge in [0.2, 0.25) is 11.6 Å². The number of hydrogen-bond donors (Lipinski definition) is 1. The second kappa shape index (κ2) is 9.92. The molecule has 0 saturated carbocycles. The molecule has 9 nitrogen and oxygen atoms in total. The fraction of sp³-hybridized carbons (Fsp3) is 0.450. The first kappa shape index (κ1) is 26.0. The number of esters is 1. The lowest BCUT2D eigenvalue weighted by Crippen LogP contribution is -2.37. The number of nitrogens with one attached hydrogen (secondary N) is 1. The van der Waals surface area contributed by atoms with Gasteiger partial charge in [-0.3, -0.25) is 14.9 Å². The van der Waals surface area contributed by atoms with E-state index in [9.17, 15) is 41.3 Å². The van der Waals surface area contributed by atoms with Gasteiger partial charge in [0.1, 0.15) is 6.33 Å². The summed E-state index contributed by atoms with van der Waals surface area (Å²) in [5.74, 6) is -1.56. The van der Waals surface area contributed by atoms with Gasteiger partial charge in [0.05, 0.1) is 28.6 Å². The van der Waals surface area contributed by atoms with E-state index in [1.165, 1.54) is 4.90 Å². The molecule has 0 bridgehead atoms. The third-order valence-corrected chi connectivity index (χ3v) is 5.25. The number of alkyl halides is 6. The van der Waals surface area contributed by atoms with Crippen LogP contribution in [0.4, 0.5) is 49.4 Å². The Morgan fingerprint density at radius 2 is 1.69 bits per heavy atom. The zero-order valence-corrected chi connectivity index (χ0v) is 18.1. The van der Waals surface area contributed by atoms with Crippen LogP contribution in [0.15, 0.2) is 24.5 Å². The van der Waals surface area contributed by atoms with Gasteiger partial charge in [0.15, 0.2) is 0 Å². The molecule has 1 aromatic heterocycles. The Hall–Kier alpha value is -3.65. The van der Waals surface area contributed by atoms with Crippen LogP contribution < -0.4 is 10.2 Å². The summed E-state index contributed by atoms with van der Waals surface area (Å²) in [5, 5.41) is 14.0. The fourth-order valence-corrected chi connectivity index (χ4v) is 3.61. The molecule has 1 aliphatic rings. The summed E-state index contributed by atoms with van der Waals surface area (Å²) >= 11 is 0. The van der Waals surface area contributed by atoms with Crippen LogP contribution in [0.25, 0.3) is 0 Å². The summed E-state index contributed by atoms with van der Waals surface area (Å²) in [7, 11) is 0. The maximum atomic E-state index is 13.2. The number of carbonyl (C=O) groups excluding carboxylic acids is 1. The van der Waals surface area contributed by atoms with Crippen LogP contribution in [0.2, 0.25) is 0 Å². The molecule has 35 heavy (non-hydrogen) atoms. The van der Waals surface area contributed by atoms with Crippen LogP contribution >= 0.6 is 0 Å². The number of nitrogens with zero attached hydrogens (tertiary/aromatic N) is 4. The van der Waals surface area contributed by atoms with Gasteiger partial charge in [-0.2, -0.15) is 26.3 Å². The molecule has 0 radical (unpaired) electrons. The molecule has 1 N–H and O–H groups in total. The van der Waals surface area contributed by atoms with Crippen LogP contribution in [-0.4, -0.2) is 40.6 Å². The van der Waals surface area contributed by atoms with E-state index in [0.29, 0.717) is 25.0 Å². The van der Waals surface area contributed by atoms with Crippen LogP contribution in [0.3, 0.4) is 0 Å². The first-order valence-electron chi connectivity index (χ1n) is 10.3. The molecule has 0 aliphatic carbocycles. The highest BCUT2D eigenvalue weighted by Gasteiger charge is 2.38. The van der Waals surface area contributed by atoms with Crippen LogP contribution in [-0.2, 0) is 21.9 Å². The smallest absolute Gasteiger partial charge is 0.416 e. The summed E-state index contributed by atoms with van der Waals surface area (Å²) in [4.78, 5) is 31.9. The van der Waals surface area contributed by atoms with E-state index in [1.807, 2.05) is 0 Å². The fourth-order valence-electron chi connectivity index (χ4n) is 3.61. The predicted molar refractivity (Wildman–Crippen MR) is 110 cm³/mol. The Bertz CT molecular complexity index is 1070. The third-order valence-electron chi connectivity index (χ3n) is 5.25. The van der Waals surface area contributed by atoms with E-state index in [4.69, 9.17) is 4.74 Å². The van der Waals surface area contributed by atoms with E-state index in [1.54, 1.807) is 6.92 Å². The topological polar surface area (TPSA) is 110 Å². The Balaban J connectivity index is 1.95. The van der Waals surface area contributed by atoms with Crippen molar-refractivity contribution >= 4 is 29.0 Å². The van der Waals surface area contributed by atoms with Gasteiger partial charge in [-0.15, -0.1) is 0 Å². The highest BCUT2D eigenvalue weighted by Crippen LogP contribution is 2.40. The van der Waals surface area contributed by atoms with Crippen molar-refractivity contribution in [1.29, 1.82) is 0 Å². The molecule has 1 fully saturated rings. The van der Waals surface area contributed by atoms with Crippen molar-refractivity contribution in [3.8, 4) is 0 Å². The Morgan fingerprint density at radius 3 is 2.17 bits per heavy atom. The maximum Gasteiger partial charge on any atom is 0.416 e. The maximum absolute atomic E-state index is 13.2. The van der Waals surface area contributed by atoms with Crippen molar-refractivity contribution in [2.24, 2.45) is 5.92 Å². The first-order valence-corrected chi connectivity index (χ1v) is 10.3. The van der Waals surface area contributed by atoms with Crippen molar-refractivity contribution in [2.75, 3.05) is 29.9 Å². The number of piperidine rings is 1. The largest absolute Gasteiger partial charge is 0.466 e. The first-order chi connectivity index (χ1) is 16.3. The second-order valence-electron chi connectivity index (χ2n) is 7.58. The molecule has 0 atom stereocenters. The number of anilines is 3. The number of rotatable bonds is 6. The lowest BCUT2D eigenvalue weighted by atomic mass is 9.97. The van der Waals surface area contributed by atoms with Gasteiger partial charge >= 0.3 is 24.0 Å². The molecule has 1 aromatic carbocycles. The van der Waals surface area contributed by atoms with Crippen LogP contribution in [0.1, 0.15) is 30.9 Å². The summed E-state index contributed by atoms with van der Waals surface area (Å²) in [6.45, 7) is 2.23. The molecule has 0 unspecified atom stereocenters. The van der Waals surface area contributed by atoms with Gasteiger partial charge in [-0.1, -0.05) is 0 Å². The van der Waals surface area contributed by atoms with E-state index >= 15 is 0 Å². The van der Waals surface area contributed by atoms with Crippen molar-refractivity contribution < 1.29 is 40.8 Å². The molecule has 1 saturated heterocycles. The lowest BCUT2D eigenvalue weighted by Gasteiger charge is -2.31. The number of carbonyl (C=O) groups is 1. The minimum absolute atomic E-state index is 0.0568. The van der Waals surface area contributed by atoms with Crippen LogP contribution in [0, 0.1) is 16.0 Å². The standard InChI is InChI=1S/C20H19F6N5O4/c1-2-35-18(32)11-3-5-30(6-4-11)17-15(31(33)34)16(27-10-28-17)29-14-8-12(19(21,22)23)7-13(9-14)20(24,25)26/h7-11H,2-6H2,1H3,(H,27,28,29). The molecule has 3 rings (SSSR count). The van der Waals surface area contributed by atoms with E-state index in [-0.39, 0.29) is 31.6 Å². The number of hydrogen-bond acceptors (Lipinski definition) is 8. The van der Waals surface area contributed by atoms with E-state index in [2.05, 4.69) is 15.3 Å². The number of ether oxygens (including phenoxy) is 1. The van der Waals surface area contributed by atoms with Crippen molar-refractivity contribution in [2.45, 2.75) is 32.1 Å². The molecule has 2 heterocycles. The van der Waals surface area contributed by atoms with Crippen molar-refractivity contribution in [3.63, 3.8) is 0 Å². The van der Waals surface area contributed by atoms with Crippen molar-refractivity contribution in [3.05, 3.63) is 45.8 Å². The highest BCUT2D eigenvalue weighted by atomic mass is 19.4. The minimum Gasteiger partial charge on any atom is -0.466 e.